The summed E-state index contributed by atoms with van der Waals surface area (Å²) in [6, 6.07) is 8.12. The normalized spacial score (nSPS) is 22.9. The zero-order valence-corrected chi connectivity index (χ0v) is 12.9. The van der Waals surface area contributed by atoms with Gasteiger partial charge in [0, 0.05) is 12.7 Å². The summed E-state index contributed by atoms with van der Waals surface area (Å²) in [6.07, 6.45) is 2.00. The first kappa shape index (κ1) is 15.0. The highest BCUT2D eigenvalue weighted by Gasteiger charge is 2.33. The molecule has 1 saturated carbocycles. The molecule has 110 valence electrons. The van der Waals surface area contributed by atoms with Crippen LogP contribution in [0.4, 0.5) is 5.69 Å². The van der Waals surface area contributed by atoms with Crippen molar-refractivity contribution >= 4 is 11.6 Å². The van der Waals surface area contributed by atoms with Crippen molar-refractivity contribution in [3.05, 3.63) is 29.8 Å². The molecule has 0 aromatic heterocycles. The largest absolute Gasteiger partial charge is 0.392 e. The molecule has 2 rings (SSSR count). The van der Waals surface area contributed by atoms with E-state index in [0.717, 1.165) is 24.9 Å². The lowest BCUT2D eigenvalue weighted by molar-refractivity contribution is -0.124. The van der Waals surface area contributed by atoms with Crippen molar-refractivity contribution in [1.29, 1.82) is 0 Å². The van der Waals surface area contributed by atoms with E-state index < -0.39 is 6.10 Å². The van der Waals surface area contributed by atoms with Crippen molar-refractivity contribution in [2.45, 2.75) is 51.6 Å². The van der Waals surface area contributed by atoms with E-state index in [0.29, 0.717) is 0 Å². The van der Waals surface area contributed by atoms with Gasteiger partial charge in [0.2, 0.25) is 5.91 Å². The van der Waals surface area contributed by atoms with E-state index in [1.54, 1.807) is 11.9 Å². The zero-order valence-electron chi connectivity index (χ0n) is 12.9. The predicted molar refractivity (Wildman–Crippen MR) is 81.9 cm³/mol. The quantitative estimate of drug-likeness (QED) is 0.901. The van der Waals surface area contributed by atoms with Crippen molar-refractivity contribution in [3.63, 3.8) is 0 Å². The van der Waals surface area contributed by atoms with Gasteiger partial charge in [-0.25, -0.2) is 0 Å². The number of benzene rings is 1. The Bertz CT molecular complexity index is 473. The molecule has 1 aromatic carbocycles. The van der Waals surface area contributed by atoms with E-state index in [9.17, 15) is 9.90 Å². The van der Waals surface area contributed by atoms with Gasteiger partial charge >= 0.3 is 0 Å². The Morgan fingerprint density at radius 1 is 1.20 bits per heavy atom. The molecule has 1 fully saturated rings. The van der Waals surface area contributed by atoms with Crippen LogP contribution in [0.3, 0.4) is 0 Å². The van der Waals surface area contributed by atoms with Crippen molar-refractivity contribution < 1.29 is 9.90 Å². The topological polar surface area (TPSA) is 40.5 Å². The third-order valence-electron chi connectivity index (χ3n) is 4.25. The van der Waals surface area contributed by atoms with Gasteiger partial charge in [-0.2, -0.15) is 0 Å². The van der Waals surface area contributed by atoms with Crippen LogP contribution in [0.1, 0.15) is 45.6 Å². The van der Waals surface area contributed by atoms with Crippen LogP contribution in [0.15, 0.2) is 24.3 Å². The average molecular weight is 275 g/mol. The lowest BCUT2D eigenvalue weighted by Gasteiger charge is -2.24. The Morgan fingerprint density at radius 3 is 2.25 bits per heavy atom. The SMILES string of the molecule is CN(C(=O)C1CCCC1O)c1ccc(C(C)(C)C)cc1. The number of carbonyl (C=O) groups is 1. The molecule has 1 N–H and O–H groups in total. The highest BCUT2D eigenvalue weighted by molar-refractivity contribution is 5.95. The molecule has 1 aliphatic carbocycles. The molecule has 2 atom stereocenters. The van der Waals surface area contributed by atoms with Crippen LogP contribution in [0, 0.1) is 5.92 Å². The van der Waals surface area contributed by atoms with Crippen molar-refractivity contribution in [2.24, 2.45) is 5.92 Å². The molecule has 1 amide bonds. The van der Waals surface area contributed by atoms with Gasteiger partial charge in [0.25, 0.3) is 0 Å². The number of aliphatic hydroxyl groups is 1. The maximum absolute atomic E-state index is 12.4. The van der Waals surface area contributed by atoms with Gasteiger partial charge in [0.15, 0.2) is 0 Å². The molecule has 2 unspecified atom stereocenters. The van der Waals surface area contributed by atoms with Gasteiger partial charge in [0.1, 0.15) is 0 Å². The van der Waals surface area contributed by atoms with Crippen LogP contribution in [0.2, 0.25) is 0 Å². The second-order valence-corrected chi connectivity index (χ2v) is 6.80. The second kappa shape index (κ2) is 5.57. The van der Waals surface area contributed by atoms with Crippen LogP contribution in [0.25, 0.3) is 0 Å². The van der Waals surface area contributed by atoms with Crippen LogP contribution >= 0.6 is 0 Å². The summed E-state index contributed by atoms with van der Waals surface area (Å²) in [5.41, 5.74) is 2.26. The number of amides is 1. The molecular formula is C17H25NO2. The summed E-state index contributed by atoms with van der Waals surface area (Å²) in [5, 5.41) is 9.86. The minimum Gasteiger partial charge on any atom is -0.392 e. The molecule has 0 radical (unpaired) electrons. The highest BCUT2D eigenvalue weighted by atomic mass is 16.3. The fraction of sp³-hybridized carbons (Fsp3) is 0.588. The molecule has 3 nitrogen and oxygen atoms in total. The monoisotopic (exact) mass is 275 g/mol. The molecule has 1 aromatic rings. The predicted octanol–water partition coefficient (Wildman–Crippen LogP) is 3.11. The van der Waals surface area contributed by atoms with E-state index in [-0.39, 0.29) is 17.2 Å². The van der Waals surface area contributed by atoms with Gasteiger partial charge in [-0.3, -0.25) is 4.79 Å². The summed E-state index contributed by atoms with van der Waals surface area (Å²) < 4.78 is 0. The Balaban J connectivity index is 2.13. The van der Waals surface area contributed by atoms with Gasteiger partial charge in [-0.05, 0) is 42.4 Å². The first-order chi connectivity index (χ1) is 9.30. The van der Waals surface area contributed by atoms with Crippen molar-refractivity contribution in [1.82, 2.24) is 0 Å². The van der Waals surface area contributed by atoms with Crippen LogP contribution in [-0.4, -0.2) is 24.2 Å². The average Bonchev–Trinajstić information content (AvgIpc) is 2.82. The number of nitrogens with zero attached hydrogens (tertiary/aromatic N) is 1. The fourth-order valence-corrected chi connectivity index (χ4v) is 2.79. The van der Waals surface area contributed by atoms with Crippen LogP contribution in [0.5, 0.6) is 0 Å². The molecule has 20 heavy (non-hydrogen) atoms. The summed E-state index contributed by atoms with van der Waals surface area (Å²) in [5.74, 6) is -0.208. The van der Waals surface area contributed by atoms with Crippen LogP contribution < -0.4 is 4.90 Å². The maximum Gasteiger partial charge on any atom is 0.232 e. The minimum atomic E-state index is -0.473. The number of anilines is 1. The van der Waals surface area contributed by atoms with E-state index in [2.05, 4.69) is 32.9 Å². The van der Waals surface area contributed by atoms with Gasteiger partial charge in [-0.1, -0.05) is 32.9 Å². The number of hydrogen-bond acceptors (Lipinski definition) is 2. The Hall–Kier alpha value is -1.35. The molecule has 0 bridgehead atoms. The molecule has 1 aliphatic rings. The smallest absolute Gasteiger partial charge is 0.232 e. The van der Waals surface area contributed by atoms with E-state index >= 15 is 0 Å². The summed E-state index contributed by atoms with van der Waals surface area (Å²) >= 11 is 0. The Labute approximate surface area is 121 Å². The van der Waals surface area contributed by atoms with E-state index in [1.165, 1.54) is 5.56 Å². The number of rotatable bonds is 2. The highest BCUT2D eigenvalue weighted by Crippen LogP contribution is 2.29. The fourth-order valence-electron chi connectivity index (χ4n) is 2.79. The van der Waals surface area contributed by atoms with Gasteiger partial charge in [-0.15, -0.1) is 0 Å². The standard InChI is InChI=1S/C17H25NO2/c1-17(2,3)12-8-10-13(11-9-12)18(4)16(20)14-6-5-7-15(14)19/h8-11,14-15,19H,5-7H2,1-4H3. The maximum atomic E-state index is 12.4. The lowest BCUT2D eigenvalue weighted by Crippen LogP contribution is -2.36. The van der Waals surface area contributed by atoms with E-state index in [4.69, 9.17) is 0 Å². The Kier molecular flexibility index (Phi) is 4.19. The van der Waals surface area contributed by atoms with Gasteiger partial charge in [0.05, 0.1) is 12.0 Å². The molecule has 0 spiro atoms. The molecule has 3 heteroatoms. The number of aliphatic hydroxyl groups excluding tert-OH is 1. The third-order valence-corrected chi connectivity index (χ3v) is 4.25. The number of hydrogen-bond donors (Lipinski definition) is 1. The van der Waals surface area contributed by atoms with Crippen LogP contribution in [-0.2, 0) is 10.2 Å². The Morgan fingerprint density at radius 2 is 1.80 bits per heavy atom. The molecule has 0 aliphatic heterocycles. The molecule has 0 heterocycles. The summed E-state index contributed by atoms with van der Waals surface area (Å²) in [6.45, 7) is 6.52. The zero-order chi connectivity index (χ0) is 14.9. The summed E-state index contributed by atoms with van der Waals surface area (Å²) in [7, 11) is 1.79. The van der Waals surface area contributed by atoms with Crippen molar-refractivity contribution in [2.75, 3.05) is 11.9 Å². The number of carbonyl (C=O) groups excluding carboxylic acids is 1. The minimum absolute atomic E-state index is 0.0264. The molecular weight excluding hydrogens is 250 g/mol. The lowest BCUT2D eigenvalue weighted by atomic mass is 9.87. The van der Waals surface area contributed by atoms with E-state index in [1.807, 2.05) is 12.1 Å². The summed E-state index contributed by atoms with van der Waals surface area (Å²) in [4.78, 5) is 14.1. The third kappa shape index (κ3) is 3.04. The van der Waals surface area contributed by atoms with Gasteiger partial charge < -0.3 is 10.0 Å². The second-order valence-electron chi connectivity index (χ2n) is 6.80. The first-order valence-electron chi connectivity index (χ1n) is 7.37. The molecule has 0 saturated heterocycles. The van der Waals surface area contributed by atoms with Crippen molar-refractivity contribution in [3.8, 4) is 0 Å². The first-order valence-corrected chi connectivity index (χ1v) is 7.37.